The first kappa shape index (κ1) is 13.6. The highest BCUT2D eigenvalue weighted by molar-refractivity contribution is 5.96. The van der Waals surface area contributed by atoms with Gasteiger partial charge in [0.15, 0.2) is 5.76 Å². The van der Waals surface area contributed by atoms with E-state index in [1.807, 2.05) is 38.1 Å². The molecule has 1 aromatic carbocycles. The molecule has 0 saturated heterocycles. The third-order valence-corrected chi connectivity index (χ3v) is 3.51. The van der Waals surface area contributed by atoms with Crippen LogP contribution in [0.15, 0.2) is 34.7 Å². The molecule has 2 rings (SSSR count). The van der Waals surface area contributed by atoms with Crippen LogP contribution in [0.2, 0.25) is 0 Å². The van der Waals surface area contributed by atoms with E-state index in [0.717, 1.165) is 11.8 Å². The zero-order valence-corrected chi connectivity index (χ0v) is 11.3. The number of fused-ring (bicyclic) bond motifs is 1. The fourth-order valence-electron chi connectivity index (χ4n) is 2.00. The van der Waals surface area contributed by atoms with Crippen LogP contribution in [0.3, 0.4) is 0 Å². The molecule has 1 aromatic heterocycles. The Morgan fingerprint density at radius 1 is 1.42 bits per heavy atom. The Hall–Kier alpha value is -1.81. The molecule has 4 heteroatoms. The van der Waals surface area contributed by atoms with E-state index < -0.39 is 5.54 Å². The molecular formula is C15H19NO3. The van der Waals surface area contributed by atoms with Crippen molar-refractivity contribution in [3.63, 3.8) is 0 Å². The standard InChI is InChI=1S/C15H19NO3/c1-3-15(2,8-9-17)16-14(18)13-10-11-6-4-5-7-12(11)19-13/h4-7,10,17H,3,8-9H2,1-2H3,(H,16,18). The van der Waals surface area contributed by atoms with Crippen LogP contribution in [0.25, 0.3) is 11.0 Å². The van der Waals surface area contributed by atoms with Crippen LogP contribution in [-0.4, -0.2) is 23.2 Å². The van der Waals surface area contributed by atoms with Crippen LogP contribution in [0.1, 0.15) is 37.2 Å². The predicted molar refractivity (Wildman–Crippen MR) is 74.1 cm³/mol. The highest BCUT2D eigenvalue weighted by Gasteiger charge is 2.25. The molecule has 2 N–H and O–H groups in total. The van der Waals surface area contributed by atoms with Crippen LogP contribution in [0.4, 0.5) is 0 Å². The molecule has 0 aliphatic rings. The molecule has 0 bridgehead atoms. The number of hydrogen-bond acceptors (Lipinski definition) is 3. The van der Waals surface area contributed by atoms with E-state index in [9.17, 15) is 4.79 Å². The van der Waals surface area contributed by atoms with Gasteiger partial charge in [0.25, 0.3) is 5.91 Å². The summed E-state index contributed by atoms with van der Waals surface area (Å²) in [5.74, 6) is 0.0628. The van der Waals surface area contributed by atoms with Crippen molar-refractivity contribution in [2.45, 2.75) is 32.2 Å². The van der Waals surface area contributed by atoms with Crippen LogP contribution in [-0.2, 0) is 0 Å². The lowest BCUT2D eigenvalue weighted by molar-refractivity contribution is 0.0860. The third-order valence-electron chi connectivity index (χ3n) is 3.51. The first-order chi connectivity index (χ1) is 9.08. The van der Waals surface area contributed by atoms with Crippen LogP contribution < -0.4 is 5.32 Å². The van der Waals surface area contributed by atoms with E-state index in [-0.39, 0.29) is 12.5 Å². The number of furan rings is 1. The van der Waals surface area contributed by atoms with Gasteiger partial charge in [-0.25, -0.2) is 0 Å². The molecule has 19 heavy (non-hydrogen) atoms. The number of carbonyl (C=O) groups is 1. The zero-order chi connectivity index (χ0) is 13.9. The van der Waals surface area contributed by atoms with Crippen LogP contribution in [0, 0.1) is 0 Å². The molecule has 1 amide bonds. The van der Waals surface area contributed by atoms with Crippen LogP contribution in [0.5, 0.6) is 0 Å². The summed E-state index contributed by atoms with van der Waals surface area (Å²) in [6.07, 6.45) is 1.27. The second-order valence-electron chi connectivity index (χ2n) is 4.99. The highest BCUT2D eigenvalue weighted by Crippen LogP contribution is 2.20. The minimum atomic E-state index is -0.412. The maximum Gasteiger partial charge on any atom is 0.287 e. The molecule has 2 aromatic rings. The molecule has 0 radical (unpaired) electrons. The lowest BCUT2D eigenvalue weighted by atomic mass is 9.95. The number of aliphatic hydroxyl groups is 1. The number of benzene rings is 1. The maximum absolute atomic E-state index is 12.2. The Bertz CT molecular complexity index is 543. The summed E-state index contributed by atoms with van der Waals surface area (Å²) in [4.78, 5) is 12.2. The van der Waals surface area contributed by atoms with Gasteiger partial charge in [0.2, 0.25) is 0 Å². The predicted octanol–water partition coefficient (Wildman–Crippen LogP) is 2.71. The lowest BCUT2D eigenvalue weighted by Gasteiger charge is -2.28. The number of hydrogen-bond donors (Lipinski definition) is 2. The van der Waals surface area contributed by atoms with Crippen molar-refractivity contribution in [2.75, 3.05) is 6.61 Å². The van der Waals surface area contributed by atoms with Crippen molar-refractivity contribution in [2.24, 2.45) is 0 Å². The highest BCUT2D eigenvalue weighted by atomic mass is 16.3. The van der Waals surface area contributed by atoms with Gasteiger partial charge < -0.3 is 14.8 Å². The van der Waals surface area contributed by atoms with Gasteiger partial charge in [-0.2, -0.15) is 0 Å². The quantitative estimate of drug-likeness (QED) is 0.869. The topological polar surface area (TPSA) is 62.5 Å². The van der Waals surface area contributed by atoms with E-state index in [0.29, 0.717) is 17.8 Å². The molecule has 1 heterocycles. The number of nitrogens with one attached hydrogen (secondary N) is 1. The van der Waals surface area contributed by atoms with Crippen molar-refractivity contribution in [1.29, 1.82) is 0 Å². The first-order valence-electron chi connectivity index (χ1n) is 6.50. The summed E-state index contributed by atoms with van der Waals surface area (Å²) in [6.45, 7) is 3.95. The third kappa shape index (κ3) is 2.96. The Morgan fingerprint density at radius 2 is 2.16 bits per heavy atom. The van der Waals surface area contributed by atoms with Gasteiger partial charge in [0, 0.05) is 17.5 Å². The largest absolute Gasteiger partial charge is 0.451 e. The molecular weight excluding hydrogens is 242 g/mol. The summed E-state index contributed by atoms with van der Waals surface area (Å²) in [7, 11) is 0. The molecule has 0 aliphatic carbocycles. The van der Waals surface area contributed by atoms with Gasteiger partial charge >= 0.3 is 0 Å². The first-order valence-corrected chi connectivity index (χ1v) is 6.50. The van der Waals surface area contributed by atoms with Crippen LogP contribution >= 0.6 is 0 Å². The molecule has 0 saturated carbocycles. The fraction of sp³-hybridized carbons (Fsp3) is 0.400. The summed E-state index contributed by atoms with van der Waals surface area (Å²) in [6, 6.07) is 9.25. The average molecular weight is 261 g/mol. The van der Waals surface area contributed by atoms with Crippen molar-refractivity contribution >= 4 is 16.9 Å². The van der Waals surface area contributed by atoms with Crippen molar-refractivity contribution < 1.29 is 14.3 Å². The number of para-hydroxylation sites is 1. The van der Waals surface area contributed by atoms with Gasteiger partial charge in [0.05, 0.1) is 0 Å². The molecule has 102 valence electrons. The SMILES string of the molecule is CCC(C)(CCO)NC(=O)c1cc2ccccc2o1. The minimum Gasteiger partial charge on any atom is -0.451 e. The number of aliphatic hydroxyl groups excluding tert-OH is 1. The van der Waals surface area contributed by atoms with E-state index in [2.05, 4.69) is 5.32 Å². The molecule has 0 aliphatic heterocycles. The Kier molecular flexibility index (Phi) is 3.90. The molecule has 1 unspecified atom stereocenters. The molecule has 0 spiro atoms. The van der Waals surface area contributed by atoms with E-state index in [1.165, 1.54) is 0 Å². The second-order valence-corrected chi connectivity index (χ2v) is 4.99. The lowest BCUT2D eigenvalue weighted by Crippen LogP contribution is -2.46. The van der Waals surface area contributed by atoms with Crippen molar-refractivity contribution in [3.8, 4) is 0 Å². The van der Waals surface area contributed by atoms with E-state index in [4.69, 9.17) is 9.52 Å². The zero-order valence-electron chi connectivity index (χ0n) is 11.3. The average Bonchev–Trinajstić information content (AvgIpc) is 2.83. The number of carbonyl (C=O) groups excluding carboxylic acids is 1. The normalized spacial score (nSPS) is 14.3. The van der Waals surface area contributed by atoms with E-state index in [1.54, 1.807) is 6.07 Å². The van der Waals surface area contributed by atoms with Gasteiger partial charge in [-0.1, -0.05) is 25.1 Å². The Morgan fingerprint density at radius 3 is 2.79 bits per heavy atom. The minimum absolute atomic E-state index is 0.0464. The molecule has 1 atom stereocenters. The fourth-order valence-corrected chi connectivity index (χ4v) is 2.00. The summed E-state index contributed by atoms with van der Waals surface area (Å²) in [5.41, 5.74) is 0.290. The number of rotatable bonds is 5. The Balaban J connectivity index is 2.19. The summed E-state index contributed by atoms with van der Waals surface area (Å²) >= 11 is 0. The van der Waals surface area contributed by atoms with Gasteiger partial charge in [-0.05, 0) is 31.9 Å². The number of amides is 1. The summed E-state index contributed by atoms with van der Waals surface area (Å²) in [5, 5.41) is 12.9. The van der Waals surface area contributed by atoms with Gasteiger partial charge in [0.1, 0.15) is 5.58 Å². The van der Waals surface area contributed by atoms with Gasteiger partial charge in [-0.3, -0.25) is 4.79 Å². The maximum atomic E-state index is 12.2. The Labute approximate surface area is 112 Å². The second kappa shape index (κ2) is 5.45. The van der Waals surface area contributed by atoms with E-state index >= 15 is 0 Å². The molecule has 0 fully saturated rings. The van der Waals surface area contributed by atoms with Gasteiger partial charge in [-0.15, -0.1) is 0 Å². The monoisotopic (exact) mass is 261 g/mol. The smallest absolute Gasteiger partial charge is 0.287 e. The van der Waals surface area contributed by atoms with Crippen molar-refractivity contribution in [3.05, 3.63) is 36.1 Å². The molecule has 4 nitrogen and oxygen atoms in total. The summed E-state index contributed by atoms with van der Waals surface area (Å²) < 4.78 is 5.52. The van der Waals surface area contributed by atoms with Crippen molar-refractivity contribution in [1.82, 2.24) is 5.32 Å².